The summed E-state index contributed by atoms with van der Waals surface area (Å²) in [7, 11) is 0. The van der Waals surface area contributed by atoms with Gasteiger partial charge in [-0.1, -0.05) is 72.3 Å². The quantitative estimate of drug-likeness (QED) is 0.258. The standard InChI is InChI=1S/C30H26ClFN2O4/c31-23-13-16-26(32)22(17-23)18-27(35)34-28(30(33)36)29(37-19-20-7-3-1-4-8-20)21-11-14-25(15-12-21)38-24-9-5-2-6-10-24/h1-17,28-29H,18-19H2,(H2,33,36)(H,34,35). The molecule has 8 heteroatoms. The van der Waals surface area contributed by atoms with E-state index in [1.165, 1.54) is 18.2 Å². The van der Waals surface area contributed by atoms with Crippen molar-refractivity contribution in [1.82, 2.24) is 5.32 Å². The second-order valence-electron chi connectivity index (χ2n) is 8.56. The van der Waals surface area contributed by atoms with Gasteiger partial charge in [0.1, 0.15) is 29.5 Å². The number of halogens is 2. The van der Waals surface area contributed by atoms with Crippen molar-refractivity contribution in [3.8, 4) is 11.5 Å². The summed E-state index contributed by atoms with van der Waals surface area (Å²) in [5.74, 6) is -0.726. The van der Waals surface area contributed by atoms with Gasteiger partial charge in [-0.2, -0.15) is 0 Å². The van der Waals surface area contributed by atoms with Crippen LogP contribution in [-0.4, -0.2) is 17.9 Å². The maximum atomic E-state index is 14.2. The largest absolute Gasteiger partial charge is 0.457 e. The number of amides is 2. The summed E-state index contributed by atoms with van der Waals surface area (Å²) in [5, 5.41) is 2.92. The molecule has 0 fully saturated rings. The van der Waals surface area contributed by atoms with Crippen molar-refractivity contribution >= 4 is 23.4 Å². The van der Waals surface area contributed by atoms with Crippen LogP contribution >= 0.6 is 11.6 Å². The molecule has 0 aliphatic rings. The molecule has 0 bridgehead atoms. The number of carbonyl (C=O) groups is 2. The van der Waals surface area contributed by atoms with Crippen LogP contribution in [0, 0.1) is 5.82 Å². The lowest BCUT2D eigenvalue weighted by atomic mass is 10.0. The Morgan fingerprint density at radius 2 is 1.50 bits per heavy atom. The van der Waals surface area contributed by atoms with Crippen LogP contribution in [-0.2, 0) is 27.4 Å². The molecule has 0 heterocycles. The van der Waals surface area contributed by atoms with Gasteiger partial charge in [-0.3, -0.25) is 9.59 Å². The predicted molar refractivity (Wildman–Crippen MR) is 143 cm³/mol. The van der Waals surface area contributed by atoms with E-state index in [2.05, 4.69) is 5.32 Å². The summed E-state index contributed by atoms with van der Waals surface area (Å²) in [5.41, 5.74) is 7.29. The van der Waals surface area contributed by atoms with Gasteiger partial charge in [-0.25, -0.2) is 4.39 Å². The minimum atomic E-state index is -1.23. The van der Waals surface area contributed by atoms with E-state index >= 15 is 0 Å². The molecule has 38 heavy (non-hydrogen) atoms. The number of primary amides is 1. The van der Waals surface area contributed by atoms with Gasteiger partial charge in [-0.05, 0) is 59.2 Å². The maximum Gasteiger partial charge on any atom is 0.243 e. The van der Waals surface area contributed by atoms with Crippen LogP contribution < -0.4 is 15.8 Å². The normalized spacial score (nSPS) is 12.4. The van der Waals surface area contributed by atoms with E-state index in [4.69, 9.17) is 26.8 Å². The third-order valence-electron chi connectivity index (χ3n) is 5.74. The third kappa shape index (κ3) is 7.41. The fourth-order valence-corrected chi connectivity index (χ4v) is 4.06. The summed E-state index contributed by atoms with van der Waals surface area (Å²) in [4.78, 5) is 25.4. The van der Waals surface area contributed by atoms with Crippen molar-refractivity contribution in [3.63, 3.8) is 0 Å². The van der Waals surface area contributed by atoms with Crippen LogP contribution in [0.2, 0.25) is 5.02 Å². The van der Waals surface area contributed by atoms with Gasteiger partial charge in [-0.15, -0.1) is 0 Å². The Labute approximate surface area is 225 Å². The van der Waals surface area contributed by atoms with Gasteiger partial charge in [0.25, 0.3) is 0 Å². The molecule has 6 nitrogen and oxygen atoms in total. The summed E-state index contributed by atoms with van der Waals surface area (Å²) < 4.78 is 26.2. The highest BCUT2D eigenvalue weighted by Gasteiger charge is 2.31. The van der Waals surface area contributed by atoms with Gasteiger partial charge in [0.15, 0.2) is 0 Å². The molecule has 2 amide bonds. The Morgan fingerprint density at radius 3 is 2.16 bits per heavy atom. The first-order chi connectivity index (χ1) is 18.4. The third-order valence-corrected chi connectivity index (χ3v) is 5.98. The minimum absolute atomic E-state index is 0.0994. The van der Waals surface area contributed by atoms with Crippen LogP contribution in [0.15, 0.2) is 103 Å². The van der Waals surface area contributed by atoms with Crippen molar-refractivity contribution < 1.29 is 23.5 Å². The second-order valence-corrected chi connectivity index (χ2v) is 9.00. The van der Waals surface area contributed by atoms with Crippen LogP contribution in [0.1, 0.15) is 22.8 Å². The molecule has 0 radical (unpaired) electrons. The van der Waals surface area contributed by atoms with Crippen LogP contribution in [0.3, 0.4) is 0 Å². The summed E-state index contributed by atoms with van der Waals surface area (Å²) in [6.45, 7) is 0.163. The molecule has 0 aliphatic carbocycles. The van der Waals surface area contributed by atoms with E-state index in [-0.39, 0.29) is 18.6 Å². The second kappa shape index (κ2) is 12.9. The average Bonchev–Trinajstić information content (AvgIpc) is 2.92. The zero-order valence-corrected chi connectivity index (χ0v) is 21.1. The van der Waals surface area contributed by atoms with Crippen molar-refractivity contribution in [2.45, 2.75) is 25.2 Å². The molecular formula is C30H26ClFN2O4. The van der Waals surface area contributed by atoms with E-state index in [1.54, 1.807) is 24.3 Å². The Hall–Kier alpha value is -4.20. The van der Waals surface area contributed by atoms with Crippen molar-refractivity contribution in [2.75, 3.05) is 0 Å². The predicted octanol–water partition coefficient (Wildman–Crippen LogP) is 5.74. The first-order valence-electron chi connectivity index (χ1n) is 11.9. The molecule has 4 aromatic carbocycles. The fourth-order valence-electron chi connectivity index (χ4n) is 3.87. The highest BCUT2D eigenvalue weighted by atomic mass is 35.5. The first kappa shape index (κ1) is 26.9. The molecule has 0 saturated heterocycles. The molecule has 0 spiro atoms. The average molecular weight is 533 g/mol. The van der Waals surface area contributed by atoms with E-state index < -0.39 is 29.8 Å². The minimum Gasteiger partial charge on any atom is -0.457 e. The number of rotatable bonds is 11. The van der Waals surface area contributed by atoms with E-state index in [0.29, 0.717) is 22.1 Å². The van der Waals surface area contributed by atoms with Gasteiger partial charge in [0, 0.05) is 5.02 Å². The molecule has 0 aliphatic heterocycles. The molecule has 4 rings (SSSR count). The van der Waals surface area contributed by atoms with Crippen molar-refractivity contribution in [3.05, 3.63) is 131 Å². The number of hydrogen-bond acceptors (Lipinski definition) is 4. The summed E-state index contributed by atoms with van der Waals surface area (Å²) >= 11 is 5.95. The molecule has 3 N–H and O–H groups in total. The highest BCUT2D eigenvalue weighted by molar-refractivity contribution is 6.30. The lowest BCUT2D eigenvalue weighted by Gasteiger charge is -2.27. The first-order valence-corrected chi connectivity index (χ1v) is 12.3. The zero-order valence-electron chi connectivity index (χ0n) is 20.4. The van der Waals surface area contributed by atoms with Gasteiger partial charge in [0.2, 0.25) is 11.8 Å². The number of ether oxygens (including phenoxy) is 2. The monoisotopic (exact) mass is 532 g/mol. The van der Waals surface area contributed by atoms with E-state index in [9.17, 15) is 14.0 Å². The van der Waals surface area contributed by atoms with Crippen molar-refractivity contribution in [2.24, 2.45) is 5.73 Å². The zero-order chi connectivity index (χ0) is 26.9. The molecule has 0 saturated carbocycles. The number of benzene rings is 4. The number of nitrogens with two attached hydrogens (primary N) is 1. The molecule has 0 aromatic heterocycles. The molecule has 2 atom stereocenters. The molecular weight excluding hydrogens is 507 g/mol. The Bertz CT molecular complexity index is 1370. The smallest absolute Gasteiger partial charge is 0.243 e. The fraction of sp³-hybridized carbons (Fsp3) is 0.133. The molecule has 4 aromatic rings. The summed E-state index contributed by atoms with van der Waals surface area (Å²) in [6.07, 6.45) is -1.25. The topological polar surface area (TPSA) is 90.7 Å². The molecule has 194 valence electrons. The Balaban J connectivity index is 1.56. The maximum absolute atomic E-state index is 14.2. The lowest BCUT2D eigenvalue weighted by molar-refractivity contribution is -0.131. The number of carbonyl (C=O) groups excluding carboxylic acids is 2. The van der Waals surface area contributed by atoms with Gasteiger partial charge >= 0.3 is 0 Å². The Morgan fingerprint density at radius 1 is 0.868 bits per heavy atom. The van der Waals surface area contributed by atoms with Crippen LogP contribution in [0.25, 0.3) is 0 Å². The van der Waals surface area contributed by atoms with Gasteiger partial charge in [0.05, 0.1) is 13.0 Å². The molecule has 2 unspecified atom stereocenters. The number of para-hydroxylation sites is 1. The number of hydrogen-bond donors (Lipinski definition) is 2. The van der Waals surface area contributed by atoms with E-state index in [0.717, 1.165) is 5.56 Å². The highest BCUT2D eigenvalue weighted by Crippen LogP contribution is 2.28. The van der Waals surface area contributed by atoms with Gasteiger partial charge < -0.3 is 20.5 Å². The number of nitrogens with one attached hydrogen (secondary N) is 1. The van der Waals surface area contributed by atoms with Crippen LogP contribution in [0.4, 0.5) is 4.39 Å². The lowest BCUT2D eigenvalue weighted by Crippen LogP contribution is -2.49. The summed E-state index contributed by atoms with van der Waals surface area (Å²) in [6, 6.07) is 28.4. The SMILES string of the molecule is NC(=O)C(NC(=O)Cc1cc(Cl)ccc1F)C(OCc1ccccc1)c1ccc(Oc2ccccc2)cc1. The Kier molecular flexibility index (Phi) is 9.08. The van der Waals surface area contributed by atoms with Crippen molar-refractivity contribution in [1.29, 1.82) is 0 Å². The van der Waals surface area contributed by atoms with E-state index in [1.807, 2.05) is 60.7 Å². The van der Waals surface area contributed by atoms with Crippen LogP contribution in [0.5, 0.6) is 11.5 Å².